The highest BCUT2D eigenvalue weighted by molar-refractivity contribution is 8.72. The van der Waals surface area contributed by atoms with E-state index in [1.165, 1.54) is 43.0 Å². The van der Waals surface area contributed by atoms with Crippen LogP contribution in [0.1, 0.15) is 16.7 Å². The first-order chi connectivity index (χ1) is 15.9. The van der Waals surface area contributed by atoms with Gasteiger partial charge in [-0.15, -0.1) is 13.2 Å². The lowest BCUT2D eigenvalue weighted by Gasteiger charge is -2.16. The molecule has 2 aromatic heterocycles. The molecule has 2 N–H and O–H groups in total. The molecule has 0 aliphatic heterocycles. The predicted octanol–water partition coefficient (Wildman–Crippen LogP) is 5.32. The van der Waals surface area contributed by atoms with E-state index in [1.54, 1.807) is 6.92 Å². The zero-order valence-corrected chi connectivity index (χ0v) is 19.2. The summed E-state index contributed by atoms with van der Waals surface area (Å²) < 4.78 is 96.0. The second-order valence-electron chi connectivity index (χ2n) is 6.79. The quantitative estimate of drug-likeness (QED) is 0.307. The molecule has 0 aliphatic carbocycles. The van der Waals surface area contributed by atoms with Gasteiger partial charge in [-0.25, -0.2) is 13.8 Å². The van der Waals surface area contributed by atoms with Crippen molar-refractivity contribution in [2.24, 2.45) is 0 Å². The van der Waals surface area contributed by atoms with Crippen molar-refractivity contribution in [3.8, 4) is 5.75 Å². The van der Waals surface area contributed by atoms with Gasteiger partial charge >= 0.3 is 6.36 Å². The van der Waals surface area contributed by atoms with Gasteiger partial charge < -0.3 is 10.1 Å². The van der Waals surface area contributed by atoms with Crippen molar-refractivity contribution in [2.75, 3.05) is 16.3 Å². The van der Waals surface area contributed by atoms with Crippen LogP contribution in [-0.4, -0.2) is 31.0 Å². The Morgan fingerprint density at radius 2 is 1.79 bits per heavy atom. The van der Waals surface area contributed by atoms with Crippen molar-refractivity contribution in [3.05, 3.63) is 71.2 Å². The molecule has 182 valence electrons. The molecule has 0 bridgehead atoms. The number of alkyl halides is 3. The van der Waals surface area contributed by atoms with Gasteiger partial charge in [-0.1, -0.05) is 6.07 Å². The lowest BCUT2D eigenvalue weighted by Crippen LogP contribution is -2.18. The molecule has 0 saturated heterocycles. The maximum atomic E-state index is 14.8. The number of hydrogen-bond donors (Lipinski definition) is 2. The molecule has 14 heteroatoms. The Morgan fingerprint density at radius 1 is 1.06 bits per heavy atom. The standard InChI is InChI=1S/C20H17F5N4O3S2/c1-11-13(8-12-6-7-27-19(17(12)21)29-34(30,31)33-2)9-26-10-15(11)28-14-4-3-5-16(18(14)22)32-20(23,24)25/h3-7,9-10,28H,8H2,1-2H3,(H,27,29). The molecule has 3 aromatic rings. The van der Waals surface area contributed by atoms with Crippen molar-refractivity contribution in [1.82, 2.24) is 9.97 Å². The number of aromatic nitrogens is 2. The molecule has 0 unspecified atom stereocenters. The molecule has 0 atom stereocenters. The number of benzene rings is 1. The maximum absolute atomic E-state index is 14.8. The van der Waals surface area contributed by atoms with Gasteiger partial charge in [0.1, 0.15) is 0 Å². The normalized spacial score (nSPS) is 11.9. The molecule has 3 rings (SSSR count). The van der Waals surface area contributed by atoms with Crippen molar-refractivity contribution in [2.45, 2.75) is 19.7 Å². The first-order valence-electron chi connectivity index (χ1n) is 9.36. The van der Waals surface area contributed by atoms with E-state index in [9.17, 15) is 30.4 Å². The third kappa shape index (κ3) is 6.26. The second kappa shape index (κ2) is 10.0. The number of nitrogens with one attached hydrogen (secondary N) is 2. The summed E-state index contributed by atoms with van der Waals surface area (Å²) in [5.74, 6) is -3.59. The minimum atomic E-state index is -5.06. The van der Waals surface area contributed by atoms with Crippen LogP contribution in [0.2, 0.25) is 0 Å². The summed E-state index contributed by atoms with van der Waals surface area (Å²) in [5.41, 5.74) is 1.10. The smallest absolute Gasteiger partial charge is 0.403 e. The summed E-state index contributed by atoms with van der Waals surface area (Å²) in [4.78, 5) is 7.74. The van der Waals surface area contributed by atoms with Crippen LogP contribution in [0, 0.1) is 18.6 Å². The Hall–Kier alpha value is -3.13. The average Bonchev–Trinajstić information content (AvgIpc) is 2.75. The Kier molecular flexibility index (Phi) is 7.51. The lowest BCUT2D eigenvalue weighted by atomic mass is 10.0. The monoisotopic (exact) mass is 520 g/mol. The van der Waals surface area contributed by atoms with Gasteiger partial charge in [0.05, 0.1) is 17.6 Å². The fourth-order valence-corrected chi connectivity index (χ4v) is 3.83. The number of halogens is 5. The summed E-state index contributed by atoms with van der Waals surface area (Å²) in [7, 11) is -3.34. The number of anilines is 3. The molecule has 0 radical (unpaired) electrons. The van der Waals surface area contributed by atoms with Crippen molar-refractivity contribution >= 4 is 37.0 Å². The Morgan fingerprint density at radius 3 is 2.47 bits per heavy atom. The molecule has 0 spiro atoms. The molecule has 7 nitrogen and oxygen atoms in total. The van der Waals surface area contributed by atoms with Crippen molar-refractivity contribution < 1.29 is 35.1 Å². The zero-order chi connectivity index (χ0) is 25.1. The van der Waals surface area contributed by atoms with Gasteiger partial charge in [-0.3, -0.25) is 9.71 Å². The maximum Gasteiger partial charge on any atom is 0.573 e. The van der Waals surface area contributed by atoms with Crippen LogP contribution >= 0.6 is 10.8 Å². The molecule has 1 aromatic carbocycles. The highest BCUT2D eigenvalue weighted by Crippen LogP contribution is 2.32. The lowest BCUT2D eigenvalue weighted by molar-refractivity contribution is -0.275. The van der Waals surface area contributed by atoms with Gasteiger partial charge in [0.2, 0.25) is 0 Å². The van der Waals surface area contributed by atoms with Crippen LogP contribution in [0.25, 0.3) is 0 Å². The fourth-order valence-electron chi connectivity index (χ4n) is 2.89. The first-order valence-corrected chi connectivity index (χ1v) is 12.6. The van der Waals surface area contributed by atoms with E-state index >= 15 is 0 Å². The molecule has 0 saturated carbocycles. The van der Waals surface area contributed by atoms with Crippen LogP contribution in [0.5, 0.6) is 5.75 Å². The SMILES string of the molecule is CSS(=O)(=O)Nc1nccc(Cc2cncc(Nc3cccc(OC(F)(F)F)c3F)c2C)c1F. The number of hydrogen-bond acceptors (Lipinski definition) is 7. The minimum Gasteiger partial charge on any atom is -0.403 e. The van der Waals surface area contributed by atoms with Gasteiger partial charge in [-0.2, -0.15) is 8.42 Å². The predicted molar refractivity (Wildman–Crippen MR) is 118 cm³/mol. The summed E-state index contributed by atoms with van der Waals surface area (Å²) >= 11 is 0. The highest BCUT2D eigenvalue weighted by atomic mass is 33.1. The van der Waals surface area contributed by atoms with E-state index in [4.69, 9.17) is 0 Å². The molecular weight excluding hydrogens is 503 g/mol. The van der Waals surface area contributed by atoms with Crippen molar-refractivity contribution in [1.29, 1.82) is 0 Å². The van der Waals surface area contributed by atoms with E-state index in [0.717, 1.165) is 6.07 Å². The van der Waals surface area contributed by atoms with E-state index < -0.39 is 38.6 Å². The van der Waals surface area contributed by atoms with Crippen LogP contribution in [-0.2, 0) is 15.5 Å². The Labute approximate surface area is 195 Å². The molecule has 34 heavy (non-hydrogen) atoms. The molecule has 0 amide bonds. The summed E-state index contributed by atoms with van der Waals surface area (Å²) in [6.45, 7) is 1.63. The highest BCUT2D eigenvalue weighted by Gasteiger charge is 2.32. The van der Waals surface area contributed by atoms with E-state index in [0.29, 0.717) is 21.9 Å². The van der Waals surface area contributed by atoms with E-state index in [2.05, 4.69) is 20.0 Å². The number of nitrogens with zero attached hydrogens (tertiary/aromatic N) is 2. The fraction of sp³-hybridized carbons (Fsp3) is 0.200. The molecule has 2 heterocycles. The van der Waals surface area contributed by atoms with Gasteiger partial charge in [0.15, 0.2) is 23.2 Å². The number of rotatable bonds is 8. The summed E-state index contributed by atoms with van der Waals surface area (Å²) in [6, 6.07) is 4.61. The number of pyridine rings is 2. The van der Waals surface area contributed by atoms with Crippen LogP contribution in [0.4, 0.5) is 39.1 Å². The minimum absolute atomic E-state index is 0.0175. The molecule has 0 aliphatic rings. The number of ether oxygens (including phenoxy) is 1. The van der Waals surface area contributed by atoms with E-state index in [-0.39, 0.29) is 23.4 Å². The second-order valence-corrected chi connectivity index (χ2v) is 10.6. The third-order valence-corrected chi connectivity index (χ3v) is 7.02. The summed E-state index contributed by atoms with van der Waals surface area (Å²) in [6.07, 6.45) is 0.237. The largest absolute Gasteiger partial charge is 0.573 e. The van der Waals surface area contributed by atoms with Gasteiger partial charge in [-0.05, 0) is 58.9 Å². The van der Waals surface area contributed by atoms with E-state index in [1.807, 2.05) is 4.72 Å². The summed E-state index contributed by atoms with van der Waals surface area (Å²) in [5, 5.41) is 2.67. The Bertz CT molecular complexity index is 1300. The van der Waals surface area contributed by atoms with Crippen LogP contribution < -0.4 is 14.8 Å². The van der Waals surface area contributed by atoms with Crippen molar-refractivity contribution in [3.63, 3.8) is 0 Å². The molecular formula is C20H17F5N4O3S2. The first kappa shape index (κ1) is 25.5. The molecule has 0 fully saturated rings. The van der Waals surface area contributed by atoms with Crippen LogP contribution in [0.3, 0.4) is 0 Å². The third-order valence-electron chi connectivity index (χ3n) is 4.57. The van der Waals surface area contributed by atoms with Gasteiger partial charge in [0, 0.05) is 18.8 Å². The average molecular weight is 521 g/mol. The topological polar surface area (TPSA) is 93.2 Å². The van der Waals surface area contributed by atoms with Gasteiger partial charge in [0.25, 0.3) is 9.06 Å². The zero-order valence-electron chi connectivity index (χ0n) is 17.6. The van der Waals surface area contributed by atoms with Crippen LogP contribution in [0.15, 0.2) is 42.9 Å². The Balaban J connectivity index is 1.88.